The van der Waals surface area contributed by atoms with Crippen molar-refractivity contribution in [2.24, 2.45) is 23.7 Å². The van der Waals surface area contributed by atoms with Crippen LogP contribution in [0.5, 0.6) is 0 Å². The van der Waals surface area contributed by atoms with Gasteiger partial charge >= 0.3 is 0 Å². The van der Waals surface area contributed by atoms with Gasteiger partial charge in [0.25, 0.3) is 0 Å². The molecule has 0 aromatic carbocycles. The van der Waals surface area contributed by atoms with Crippen molar-refractivity contribution >= 4 is 0 Å². The smallest absolute Gasteiger partial charge is 0.0576 e. The van der Waals surface area contributed by atoms with E-state index < -0.39 is 0 Å². The van der Waals surface area contributed by atoms with Crippen LogP contribution in [0.15, 0.2) is 12.1 Å². The Balaban J connectivity index is 2.06. The molecule has 2 fully saturated rings. The minimum atomic E-state index is 0.138. The van der Waals surface area contributed by atoms with E-state index in [1.807, 2.05) is 0 Å². The van der Waals surface area contributed by atoms with E-state index in [1.165, 1.54) is 6.42 Å². The number of rotatable bonds is 0. The molecule has 0 heteroatoms. The molecule has 0 aromatic rings. The summed E-state index contributed by atoms with van der Waals surface area (Å²) >= 11 is 0. The zero-order valence-electron chi connectivity index (χ0n) is 7.38. The predicted molar refractivity (Wildman–Crippen MR) is 37.0 cm³/mol. The zero-order valence-corrected chi connectivity index (χ0v) is 5.38. The number of hydrogen-bond acceptors (Lipinski definition) is 0. The lowest BCUT2D eigenvalue weighted by atomic mass is 9.88. The van der Waals surface area contributed by atoms with Gasteiger partial charge < -0.3 is 0 Å². The molecule has 3 aliphatic rings. The molecule has 9 heavy (non-hydrogen) atoms. The van der Waals surface area contributed by atoms with Gasteiger partial charge in [0.15, 0.2) is 0 Å². The molecule has 0 heterocycles. The normalized spacial score (nSPS) is 72.0. The van der Waals surface area contributed by atoms with Gasteiger partial charge in [0.05, 0.1) is 1.37 Å². The standard InChI is InChI=1S/C9H12/c1-2-8-4-6-3-7(1)9(8)5-6/h1-2,6-9H,3-5H2/t6-,7-,8+,9+/i1D,4D/t4-,6-,7-,8+,9+/m0/s1. The Morgan fingerprint density at radius 1 is 1.44 bits per heavy atom. The topological polar surface area (TPSA) is 0 Å². The van der Waals surface area contributed by atoms with Gasteiger partial charge in [-0.3, -0.25) is 0 Å². The Labute approximate surface area is 58.8 Å². The molecule has 0 spiro atoms. The fourth-order valence-electron chi connectivity index (χ4n) is 2.76. The second-order valence-electron chi connectivity index (χ2n) is 3.60. The van der Waals surface area contributed by atoms with Gasteiger partial charge in [-0.1, -0.05) is 12.1 Å². The molecule has 0 radical (unpaired) electrons. The lowest BCUT2D eigenvalue weighted by Gasteiger charge is -2.17. The minimum Gasteiger partial charge on any atom is -0.0848 e. The second-order valence-corrected chi connectivity index (χ2v) is 3.60. The van der Waals surface area contributed by atoms with E-state index in [2.05, 4.69) is 6.08 Å². The monoisotopic (exact) mass is 122 g/mol. The van der Waals surface area contributed by atoms with Gasteiger partial charge in [0.2, 0.25) is 0 Å². The number of hydrogen-bond donors (Lipinski definition) is 0. The van der Waals surface area contributed by atoms with Crippen molar-refractivity contribution in [3.05, 3.63) is 12.1 Å². The van der Waals surface area contributed by atoms with Gasteiger partial charge in [-0.15, -0.1) is 0 Å². The first-order chi connectivity index (χ1) is 5.27. The molecule has 0 aliphatic heterocycles. The summed E-state index contributed by atoms with van der Waals surface area (Å²) < 4.78 is 15.6. The first kappa shape index (κ1) is 3.23. The van der Waals surface area contributed by atoms with Crippen LogP contribution in [0.1, 0.15) is 22.0 Å². The maximum absolute atomic E-state index is 7.87. The Bertz CT molecular complexity index is 234. The highest BCUT2D eigenvalue weighted by Crippen LogP contribution is 2.56. The molecule has 0 saturated heterocycles. The fraction of sp³-hybridized carbons (Fsp3) is 0.778. The average molecular weight is 122 g/mol. The molecule has 0 amide bonds. The highest BCUT2D eigenvalue weighted by atomic mass is 14.5. The van der Waals surface area contributed by atoms with E-state index in [9.17, 15) is 0 Å². The van der Waals surface area contributed by atoms with Crippen LogP contribution >= 0.6 is 0 Å². The zero-order chi connectivity index (χ0) is 7.59. The Kier molecular flexibility index (Phi) is 0.450. The number of fused-ring (bicyclic) bond motifs is 1. The maximum atomic E-state index is 7.87. The first-order valence-electron chi connectivity index (χ1n) is 4.95. The van der Waals surface area contributed by atoms with Crippen molar-refractivity contribution in [2.45, 2.75) is 19.2 Å². The minimum absolute atomic E-state index is 0.138. The van der Waals surface area contributed by atoms with Crippen LogP contribution in [-0.2, 0) is 0 Å². The average Bonchev–Trinajstić information content (AvgIpc) is 2.53. The van der Waals surface area contributed by atoms with Crippen LogP contribution in [0.4, 0.5) is 0 Å². The van der Waals surface area contributed by atoms with Gasteiger partial charge in [0.1, 0.15) is 0 Å². The summed E-state index contributed by atoms with van der Waals surface area (Å²) in [4.78, 5) is 0. The summed E-state index contributed by atoms with van der Waals surface area (Å²) in [6, 6.07) is 0.845. The van der Waals surface area contributed by atoms with E-state index in [-0.39, 0.29) is 6.40 Å². The summed E-state index contributed by atoms with van der Waals surface area (Å²) in [7, 11) is 0. The molecule has 2 saturated carbocycles. The van der Waals surface area contributed by atoms with Gasteiger partial charge in [0, 0.05) is 1.37 Å². The molecule has 0 N–H and O–H groups in total. The summed E-state index contributed by atoms with van der Waals surface area (Å²) in [6.07, 6.45) is 4.58. The van der Waals surface area contributed by atoms with Crippen LogP contribution in [0, 0.1) is 23.7 Å². The molecule has 3 rings (SSSR count). The third-order valence-electron chi connectivity index (χ3n) is 3.14. The van der Waals surface area contributed by atoms with E-state index >= 15 is 0 Å². The van der Waals surface area contributed by atoms with E-state index in [0.29, 0.717) is 23.7 Å². The van der Waals surface area contributed by atoms with Crippen LogP contribution in [-0.4, -0.2) is 0 Å². The quantitative estimate of drug-likeness (QED) is 0.432. The maximum Gasteiger partial charge on any atom is 0.0576 e. The van der Waals surface area contributed by atoms with Crippen LogP contribution in [0.2, 0.25) is 0 Å². The third kappa shape index (κ3) is 0.417. The van der Waals surface area contributed by atoms with Crippen molar-refractivity contribution in [3.8, 4) is 0 Å². The molecule has 0 nitrogen and oxygen atoms in total. The highest BCUT2D eigenvalue weighted by Gasteiger charge is 2.46. The van der Waals surface area contributed by atoms with Crippen LogP contribution < -0.4 is 0 Å². The molecule has 5 atom stereocenters. The Morgan fingerprint density at radius 3 is 3.22 bits per heavy atom. The summed E-state index contributed by atoms with van der Waals surface area (Å²) in [6.45, 7) is 0. The summed E-state index contributed by atoms with van der Waals surface area (Å²) in [5.74, 6) is 2.36. The highest BCUT2D eigenvalue weighted by molar-refractivity contribution is 5.15. The van der Waals surface area contributed by atoms with E-state index in [4.69, 9.17) is 2.74 Å². The Hall–Kier alpha value is -0.260. The lowest BCUT2D eigenvalue weighted by molar-refractivity contribution is 0.356. The lowest BCUT2D eigenvalue weighted by Crippen LogP contribution is -2.09. The van der Waals surface area contributed by atoms with Gasteiger partial charge in [-0.05, 0) is 42.9 Å². The molecule has 48 valence electrons. The first-order valence-corrected chi connectivity index (χ1v) is 3.88. The molecular weight excluding hydrogens is 108 g/mol. The number of allylic oxidation sites excluding steroid dienone is 2. The second kappa shape index (κ2) is 1.25. The van der Waals surface area contributed by atoms with Crippen molar-refractivity contribution in [1.82, 2.24) is 0 Å². The van der Waals surface area contributed by atoms with Gasteiger partial charge in [-0.2, -0.15) is 0 Å². The fourth-order valence-corrected chi connectivity index (χ4v) is 2.76. The SMILES string of the molecule is [2H]C1=C[C@@H]2[C@@H]([2H])[C@H]3C[C@@H]2[C@@H]1C3. The molecule has 0 unspecified atom stereocenters. The van der Waals surface area contributed by atoms with Crippen molar-refractivity contribution in [3.63, 3.8) is 0 Å². The van der Waals surface area contributed by atoms with E-state index in [1.54, 1.807) is 0 Å². The summed E-state index contributed by atoms with van der Waals surface area (Å²) in [5.41, 5.74) is 0. The van der Waals surface area contributed by atoms with Gasteiger partial charge in [-0.25, -0.2) is 0 Å². The molecular formula is C9H12. The molecule has 2 bridgehead atoms. The largest absolute Gasteiger partial charge is 0.0848 e. The van der Waals surface area contributed by atoms with Crippen LogP contribution in [0.25, 0.3) is 0 Å². The predicted octanol–water partition coefficient (Wildman–Crippen LogP) is 2.22. The Morgan fingerprint density at radius 2 is 2.44 bits per heavy atom. The van der Waals surface area contributed by atoms with E-state index in [0.717, 1.165) is 12.5 Å². The molecule has 0 aromatic heterocycles. The molecule has 3 aliphatic carbocycles. The van der Waals surface area contributed by atoms with Crippen molar-refractivity contribution in [1.29, 1.82) is 0 Å². The van der Waals surface area contributed by atoms with Crippen molar-refractivity contribution in [2.75, 3.05) is 0 Å². The van der Waals surface area contributed by atoms with Crippen LogP contribution in [0.3, 0.4) is 0 Å². The van der Waals surface area contributed by atoms with Crippen molar-refractivity contribution < 1.29 is 2.74 Å². The third-order valence-corrected chi connectivity index (χ3v) is 3.14. The summed E-state index contributed by atoms with van der Waals surface area (Å²) in [5, 5.41) is 0.